The lowest BCUT2D eigenvalue weighted by atomic mass is 10.1. The maximum absolute atomic E-state index is 12.9. The van der Waals surface area contributed by atoms with Crippen molar-refractivity contribution in [2.24, 2.45) is 5.92 Å². The summed E-state index contributed by atoms with van der Waals surface area (Å²) < 4.78 is 0. The molecule has 36 heavy (non-hydrogen) atoms. The first kappa shape index (κ1) is 23.8. The summed E-state index contributed by atoms with van der Waals surface area (Å²) in [7, 11) is 0. The van der Waals surface area contributed by atoms with E-state index in [4.69, 9.17) is 0 Å². The minimum absolute atomic E-state index is 0.0237. The van der Waals surface area contributed by atoms with E-state index in [-0.39, 0.29) is 24.2 Å². The highest BCUT2D eigenvalue weighted by Gasteiger charge is 2.35. The van der Waals surface area contributed by atoms with Crippen LogP contribution in [0.15, 0.2) is 48.5 Å². The second-order valence-electron chi connectivity index (χ2n) is 9.75. The molecule has 8 nitrogen and oxygen atoms in total. The standard InChI is InChI=1S/C28H32N6O2/c1-18-6-11-24(14-19(18)2)34-17-21(16-26(34)35)27(36)30-22-7-9-23(10-8-22)31-28-29-20(3)15-25(32-28)33-12-4-5-13-33/h6-11,14-15,21H,4-5,12-13,16-17H2,1-3H3,(H,30,36)(H,29,31,32)/t21-/m0/s1. The van der Waals surface area contributed by atoms with Gasteiger partial charge < -0.3 is 20.4 Å². The summed E-state index contributed by atoms with van der Waals surface area (Å²) in [5, 5.41) is 6.23. The van der Waals surface area contributed by atoms with Gasteiger partial charge in [-0.2, -0.15) is 4.98 Å². The number of aryl methyl sites for hydroxylation is 3. The average molecular weight is 485 g/mol. The number of nitrogens with zero attached hydrogens (tertiary/aromatic N) is 4. The Hall–Kier alpha value is -3.94. The van der Waals surface area contributed by atoms with E-state index in [0.717, 1.165) is 41.5 Å². The molecule has 1 aromatic heterocycles. The van der Waals surface area contributed by atoms with Gasteiger partial charge in [0.25, 0.3) is 0 Å². The Labute approximate surface area is 211 Å². The molecule has 2 N–H and O–H groups in total. The van der Waals surface area contributed by atoms with Gasteiger partial charge in [-0.05, 0) is 81.1 Å². The molecule has 0 spiro atoms. The fourth-order valence-corrected chi connectivity index (χ4v) is 4.75. The third-order valence-electron chi connectivity index (χ3n) is 6.98. The second-order valence-corrected chi connectivity index (χ2v) is 9.75. The smallest absolute Gasteiger partial charge is 0.229 e. The van der Waals surface area contributed by atoms with Crippen LogP contribution in [-0.4, -0.2) is 41.4 Å². The van der Waals surface area contributed by atoms with Gasteiger partial charge in [-0.25, -0.2) is 4.98 Å². The zero-order chi connectivity index (χ0) is 25.2. The third-order valence-corrected chi connectivity index (χ3v) is 6.98. The van der Waals surface area contributed by atoms with E-state index in [9.17, 15) is 9.59 Å². The van der Waals surface area contributed by atoms with E-state index in [1.807, 2.05) is 69.3 Å². The number of carbonyl (C=O) groups is 2. The van der Waals surface area contributed by atoms with Crippen LogP contribution in [0.5, 0.6) is 0 Å². The van der Waals surface area contributed by atoms with Crippen molar-refractivity contribution >= 4 is 40.6 Å². The molecule has 8 heteroatoms. The summed E-state index contributed by atoms with van der Waals surface area (Å²) in [4.78, 5) is 38.7. The Morgan fingerprint density at radius 3 is 2.36 bits per heavy atom. The molecule has 2 amide bonds. The van der Waals surface area contributed by atoms with Crippen LogP contribution in [-0.2, 0) is 9.59 Å². The lowest BCUT2D eigenvalue weighted by Crippen LogP contribution is -2.28. The number of rotatable bonds is 6. The van der Waals surface area contributed by atoms with E-state index in [1.54, 1.807) is 4.90 Å². The zero-order valence-electron chi connectivity index (χ0n) is 21.0. The van der Waals surface area contributed by atoms with E-state index >= 15 is 0 Å². The summed E-state index contributed by atoms with van der Waals surface area (Å²) in [6, 6.07) is 15.4. The van der Waals surface area contributed by atoms with Crippen LogP contribution in [0.4, 0.5) is 28.8 Å². The van der Waals surface area contributed by atoms with Crippen molar-refractivity contribution in [2.45, 2.75) is 40.0 Å². The van der Waals surface area contributed by atoms with Crippen molar-refractivity contribution in [1.82, 2.24) is 9.97 Å². The minimum Gasteiger partial charge on any atom is -0.356 e. The summed E-state index contributed by atoms with van der Waals surface area (Å²) in [6.45, 7) is 8.48. The van der Waals surface area contributed by atoms with Crippen LogP contribution in [0.1, 0.15) is 36.1 Å². The molecule has 2 aromatic carbocycles. The topological polar surface area (TPSA) is 90.5 Å². The van der Waals surface area contributed by atoms with Gasteiger partial charge in [0.05, 0.1) is 5.92 Å². The lowest BCUT2D eigenvalue weighted by molar-refractivity contribution is -0.122. The SMILES string of the molecule is Cc1cc(N2CCCC2)nc(Nc2ccc(NC(=O)[C@H]3CC(=O)N(c4ccc(C)c(C)c4)C3)cc2)n1. The summed E-state index contributed by atoms with van der Waals surface area (Å²) in [6.07, 6.45) is 2.60. The molecule has 0 aliphatic carbocycles. The van der Waals surface area contributed by atoms with Crippen LogP contribution in [0.25, 0.3) is 0 Å². The molecular weight excluding hydrogens is 452 g/mol. The van der Waals surface area contributed by atoms with Crippen molar-refractivity contribution in [3.63, 3.8) is 0 Å². The number of hydrogen-bond acceptors (Lipinski definition) is 6. The van der Waals surface area contributed by atoms with Gasteiger partial charge in [-0.1, -0.05) is 6.07 Å². The Morgan fingerprint density at radius 2 is 1.64 bits per heavy atom. The first-order chi connectivity index (χ1) is 17.4. The first-order valence-electron chi connectivity index (χ1n) is 12.5. The van der Waals surface area contributed by atoms with Gasteiger partial charge in [-0.15, -0.1) is 0 Å². The fraction of sp³-hybridized carbons (Fsp3) is 0.357. The number of anilines is 5. The molecule has 186 valence electrons. The molecule has 0 saturated carbocycles. The Morgan fingerprint density at radius 1 is 0.917 bits per heavy atom. The number of hydrogen-bond donors (Lipinski definition) is 2. The average Bonchev–Trinajstić information content (AvgIpc) is 3.52. The van der Waals surface area contributed by atoms with E-state index < -0.39 is 0 Å². The van der Waals surface area contributed by atoms with E-state index in [0.29, 0.717) is 18.2 Å². The van der Waals surface area contributed by atoms with Crippen molar-refractivity contribution in [1.29, 1.82) is 0 Å². The molecule has 2 fully saturated rings. The predicted octanol–water partition coefficient (Wildman–Crippen LogP) is 4.74. The predicted molar refractivity (Wildman–Crippen MR) is 143 cm³/mol. The zero-order valence-corrected chi connectivity index (χ0v) is 21.0. The molecule has 0 radical (unpaired) electrons. The maximum Gasteiger partial charge on any atom is 0.229 e. The van der Waals surface area contributed by atoms with Crippen LogP contribution in [0.2, 0.25) is 0 Å². The molecule has 2 aliphatic rings. The van der Waals surface area contributed by atoms with Crippen molar-refractivity contribution < 1.29 is 9.59 Å². The molecule has 3 aromatic rings. The van der Waals surface area contributed by atoms with Gasteiger partial charge in [0.15, 0.2) is 0 Å². The van der Waals surface area contributed by atoms with Gasteiger partial charge in [0.1, 0.15) is 5.82 Å². The van der Waals surface area contributed by atoms with Crippen LogP contribution < -0.4 is 20.4 Å². The summed E-state index contributed by atoms with van der Waals surface area (Å²) >= 11 is 0. The van der Waals surface area contributed by atoms with Crippen LogP contribution in [0, 0.1) is 26.7 Å². The highest BCUT2D eigenvalue weighted by molar-refractivity contribution is 6.03. The molecule has 2 aliphatic heterocycles. The number of carbonyl (C=O) groups excluding carboxylic acids is 2. The molecule has 0 unspecified atom stereocenters. The molecule has 0 bridgehead atoms. The lowest BCUT2D eigenvalue weighted by Gasteiger charge is -2.18. The molecular formula is C28H32N6O2. The van der Waals surface area contributed by atoms with Gasteiger partial charge in [-0.3, -0.25) is 9.59 Å². The highest BCUT2D eigenvalue weighted by atomic mass is 16.2. The van der Waals surface area contributed by atoms with E-state index in [1.165, 1.54) is 18.4 Å². The van der Waals surface area contributed by atoms with Crippen LogP contribution in [0.3, 0.4) is 0 Å². The van der Waals surface area contributed by atoms with Gasteiger partial charge in [0, 0.05) is 54.9 Å². The van der Waals surface area contributed by atoms with E-state index in [2.05, 4.69) is 25.5 Å². The first-order valence-corrected chi connectivity index (χ1v) is 12.5. The fourth-order valence-electron chi connectivity index (χ4n) is 4.75. The largest absolute Gasteiger partial charge is 0.356 e. The van der Waals surface area contributed by atoms with Crippen molar-refractivity contribution in [2.75, 3.05) is 40.1 Å². The normalized spacial score (nSPS) is 17.5. The number of aromatic nitrogens is 2. The molecule has 5 rings (SSSR count). The number of benzene rings is 2. The molecule has 1 atom stereocenters. The van der Waals surface area contributed by atoms with Gasteiger partial charge in [0.2, 0.25) is 17.8 Å². The highest BCUT2D eigenvalue weighted by Crippen LogP contribution is 2.28. The third kappa shape index (κ3) is 5.17. The molecule has 3 heterocycles. The maximum atomic E-state index is 12.9. The quantitative estimate of drug-likeness (QED) is 0.525. The summed E-state index contributed by atoms with van der Waals surface area (Å²) in [5.41, 5.74) is 5.59. The molecule has 2 saturated heterocycles. The Kier molecular flexibility index (Phi) is 6.59. The minimum atomic E-state index is -0.387. The summed E-state index contributed by atoms with van der Waals surface area (Å²) in [5.74, 6) is 0.954. The number of amides is 2. The Bertz CT molecular complexity index is 1280. The van der Waals surface area contributed by atoms with Gasteiger partial charge >= 0.3 is 0 Å². The number of nitrogens with one attached hydrogen (secondary N) is 2. The van der Waals surface area contributed by atoms with Crippen LogP contribution >= 0.6 is 0 Å². The van der Waals surface area contributed by atoms with Crippen molar-refractivity contribution in [3.05, 3.63) is 65.4 Å². The Balaban J connectivity index is 1.20. The van der Waals surface area contributed by atoms with Crippen molar-refractivity contribution in [3.8, 4) is 0 Å². The monoisotopic (exact) mass is 484 g/mol. The second kappa shape index (κ2) is 9.97.